The molecule has 0 saturated heterocycles. The molecule has 164 valence electrons. The zero-order chi connectivity index (χ0) is 22.1. The number of rotatable bonds is 7. The Morgan fingerprint density at radius 3 is 2.73 bits per heavy atom. The van der Waals surface area contributed by atoms with Gasteiger partial charge >= 0.3 is 6.09 Å². The molecule has 9 heteroatoms. The van der Waals surface area contributed by atoms with E-state index < -0.39 is 15.9 Å². The monoisotopic (exact) mass is 435 g/mol. The highest BCUT2D eigenvalue weighted by Gasteiger charge is 2.31. The summed E-state index contributed by atoms with van der Waals surface area (Å²) in [5.74, 6) is 1.01. The van der Waals surface area contributed by atoms with Crippen molar-refractivity contribution in [2.45, 2.75) is 46.2 Å². The summed E-state index contributed by atoms with van der Waals surface area (Å²) in [5, 5.41) is 14.0. The first-order valence-electron chi connectivity index (χ1n) is 10.1. The van der Waals surface area contributed by atoms with Gasteiger partial charge in [0.05, 0.1) is 30.8 Å². The van der Waals surface area contributed by atoms with Gasteiger partial charge in [-0.05, 0) is 37.8 Å². The maximum Gasteiger partial charge on any atom is 0.412 e. The van der Waals surface area contributed by atoms with Gasteiger partial charge in [0.15, 0.2) is 0 Å². The minimum absolute atomic E-state index is 0.0144. The van der Waals surface area contributed by atoms with E-state index in [0.717, 1.165) is 23.1 Å². The van der Waals surface area contributed by atoms with E-state index in [1.54, 1.807) is 17.1 Å². The van der Waals surface area contributed by atoms with Gasteiger partial charge in [-0.1, -0.05) is 13.8 Å². The van der Waals surface area contributed by atoms with Gasteiger partial charge in [-0.2, -0.15) is 5.10 Å². The maximum atomic E-state index is 11.8. The average Bonchev–Trinajstić information content (AvgIpc) is 3.12. The molecule has 0 unspecified atom stereocenters. The van der Waals surface area contributed by atoms with E-state index >= 15 is 0 Å². The number of benzene rings is 1. The summed E-state index contributed by atoms with van der Waals surface area (Å²) in [6.45, 7) is 6.81. The van der Waals surface area contributed by atoms with Crippen LogP contribution in [-0.2, 0) is 22.8 Å². The van der Waals surface area contributed by atoms with E-state index in [1.807, 2.05) is 19.1 Å². The summed E-state index contributed by atoms with van der Waals surface area (Å²) in [4.78, 5) is 13.2. The van der Waals surface area contributed by atoms with Crippen LogP contribution in [0.15, 0.2) is 24.5 Å². The van der Waals surface area contributed by atoms with Crippen LogP contribution in [0.2, 0.25) is 0 Å². The minimum Gasteiger partial charge on any atom is -0.492 e. The van der Waals surface area contributed by atoms with Gasteiger partial charge < -0.3 is 9.84 Å². The first kappa shape index (κ1) is 22.1. The Morgan fingerprint density at radius 1 is 1.37 bits per heavy atom. The molecule has 30 heavy (non-hydrogen) atoms. The second-order valence-corrected chi connectivity index (χ2v) is 10.6. The third-order valence-corrected chi connectivity index (χ3v) is 6.07. The van der Waals surface area contributed by atoms with Gasteiger partial charge in [-0.15, -0.1) is 0 Å². The lowest BCUT2D eigenvalue weighted by Gasteiger charge is -2.34. The number of hydrogen-bond acceptors (Lipinski definition) is 5. The average molecular weight is 436 g/mol. The first-order chi connectivity index (χ1) is 14.1. The highest BCUT2D eigenvalue weighted by Crippen LogP contribution is 2.43. The zero-order valence-corrected chi connectivity index (χ0v) is 18.6. The van der Waals surface area contributed by atoms with Crippen LogP contribution in [0.3, 0.4) is 0 Å². The summed E-state index contributed by atoms with van der Waals surface area (Å²) in [5.41, 5.74) is 3.19. The molecule has 1 atom stereocenters. The van der Waals surface area contributed by atoms with Gasteiger partial charge in [0.1, 0.15) is 15.6 Å². The zero-order valence-electron chi connectivity index (χ0n) is 17.8. The first-order valence-corrected chi connectivity index (χ1v) is 12.1. The van der Waals surface area contributed by atoms with Gasteiger partial charge in [0.25, 0.3) is 0 Å². The van der Waals surface area contributed by atoms with E-state index in [9.17, 15) is 18.3 Å². The van der Waals surface area contributed by atoms with E-state index in [0.29, 0.717) is 30.4 Å². The third kappa shape index (κ3) is 4.95. The number of hydrogen-bond donors (Lipinski definition) is 1. The van der Waals surface area contributed by atoms with Gasteiger partial charge in [-0.25, -0.2) is 13.2 Å². The standard InChI is InChI=1S/C21H29N3O5S/c1-14(2)13-29-20-17(16-11-22-23(12-16)9-10-30(4,27)28)7-8-19-18(20)6-5-15(3)24(19)21(25)26/h7-8,11-12,14-15H,5-6,9-10,13H2,1-4H3,(H,25,26)/t15-/m0/s1. The Morgan fingerprint density at radius 2 is 2.10 bits per heavy atom. The molecular weight excluding hydrogens is 406 g/mol. The molecule has 0 saturated carbocycles. The highest BCUT2D eigenvalue weighted by molar-refractivity contribution is 7.90. The van der Waals surface area contributed by atoms with Crippen molar-refractivity contribution >= 4 is 21.6 Å². The molecule has 1 N–H and O–H groups in total. The molecule has 8 nitrogen and oxygen atoms in total. The molecule has 0 radical (unpaired) electrons. The number of anilines is 1. The van der Waals surface area contributed by atoms with Crippen LogP contribution in [0.1, 0.15) is 32.8 Å². The van der Waals surface area contributed by atoms with Crippen molar-refractivity contribution in [2.75, 3.05) is 23.5 Å². The second kappa shape index (κ2) is 8.67. The van der Waals surface area contributed by atoms with E-state index in [-0.39, 0.29) is 18.3 Å². The van der Waals surface area contributed by atoms with Gasteiger partial charge in [0, 0.05) is 35.2 Å². The summed E-state index contributed by atoms with van der Waals surface area (Å²) in [6, 6.07) is 3.59. The molecule has 0 fully saturated rings. The van der Waals surface area contributed by atoms with Crippen LogP contribution in [0.4, 0.5) is 10.5 Å². The molecule has 2 heterocycles. The van der Waals surface area contributed by atoms with E-state index in [1.165, 1.54) is 11.2 Å². The fraction of sp³-hybridized carbons (Fsp3) is 0.524. The number of fused-ring (bicyclic) bond motifs is 1. The van der Waals surface area contributed by atoms with E-state index in [2.05, 4.69) is 18.9 Å². The Bertz CT molecular complexity index is 1030. The predicted octanol–water partition coefficient (Wildman–Crippen LogP) is 3.45. The molecule has 1 aromatic carbocycles. The van der Waals surface area contributed by atoms with Crippen molar-refractivity contribution in [2.24, 2.45) is 5.92 Å². The molecule has 1 aliphatic heterocycles. The Hall–Kier alpha value is -2.55. The minimum atomic E-state index is -3.08. The second-order valence-electron chi connectivity index (χ2n) is 8.31. The van der Waals surface area contributed by atoms with E-state index in [4.69, 9.17) is 4.74 Å². The normalized spacial score (nSPS) is 16.6. The Labute approximate surface area is 177 Å². The number of aryl methyl sites for hydroxylation is 1. The lowest BCUT2D eigenvalue weighted by atomic mass is 9.92. The fourth-order valence-electron chi connectivity index (χ4n) is 3.62. The lowest BCUT2D eigenvalue weighted by molar-refractivity contribution is 0.198. The van der Waals surface area contributed by atoms with Crippen LogP contribution in [0, 0.1) is 5.92 Å². The van der Waals surface area contributed by atoms with Crippen molar-refractivity contribution in [1.82, 2.24) is 9.78 Å². The number of ether oxygens (including phenoxy) is 1. The van der Waals surface area contributed by atoms with Gasteiger partial charge in [-0.3, -0.25) is 9.58 Å². The number of nitrogens with zero attached hydrogens (tertiary/aromatic N) is 3. The van der Waals surface area contributed by atoms with Crippen LogP contribution >= 0.6 is 0 Å². The number of amides is 1. The van der Waals surface area contributed by atoms with Crippen LogP contribution in [0.25, 0.3) is 11.1 Å². The summed E-state index contributed by atoms with van der Waals surface area (Å²) in [7, 11) is -3.08. The van der Waals surface area contributed by atoms with Crippen LogP contribution in [0.5, 0.6) is 5.75 Å². The number of sulfone groups is 1. The predicted molar refractivity (Wildman–Crippen MR) is 116 cm³/mol. The van der Waals surface area contributed by atoms with Crippen LogP contribution in [-0.4, -0.2) is 54.1 Å². The molecule has 1 aliphatic rings. The van der Waals surface area contributed by atoms with Crippen molar-refractivity contribution in [3.05, 3.63) is 30.1 Å². The molecule has 1 amide bonds. The largest absolute Gasteiger partial charge is 0.492 e. The molecule has 1 aromatic heterocycles. The highest BCUT2D eigenvalue weighted by atomic mass is 32.2. The number of aromatic nitrogens is 2. The molecule has 0 spiro atoms. The molecular formula is C21H29N3O5S. The topological polar surface area (TPSA) is 102 Å². The maximum absolute atomic E-state index is 11.8. The van der Waals surface area contributed by atoms with Crippen molar-refractivity contribution in [3.63, 3.8) is 0 Å². The van der Waals surface area contributed by atoms with Crippen molar-refractivity contribution in [3.8, 4) is 16.9 Å². The lowest BCUT2D eigenvalue weighted by Crippen LogP contribution is -2.41. The SMILES string of the molecule is CC(C)COc1c(-c2cnn(CCS(C)(=O)=O)c2)ccc2c1CC[C@H](C)N2C(=O)O. The molecule has 0 aliphatic carbocycles. The molecule has 0 bridgehead atoms. The summed E-state index contributed by atoms with van der Waals surface area (Å²) >= 11 is 0. The third-order valence-electron chi connectivity index (χ3n) is 5.15. The number of carboxylic acid groups (broad SMARTS) is 1. The Balaban J connectivity index is 2.02. The van der Waals surface area contributed by atoms with Gasteiger partial charge in [0.2, 0.25) is 0 Å². The smallest absolute Gasteiger partial charge is 0.412 e. The number of carbonyl (C=O) groups is 1. The molecule has 3 rings (SSSR count). The summed E-state index contributed by atoms with van der Waals surface area (Å²) in [6.07, 6.45) is 5.16. The molecule has 2 aromatic rings. The van der Waals surface area contributed by atoms with Crippen molar-refractivity contribution in [1.29, 1.82) is 0 Å². The van der Waals surface area contributed by atoms with Crippen molar-refractivity contribution < 1.29 is 23.1 Å². The van der Waals surface area contributed by atoms with Crippen LogP contribution < -0.4 is 9.64 Å². The quantitative estimate of drug-likeness (QED) is 0.715. The fourth-order valence-corrected chi connectivity index (χ4v) is 4.14. The summed E-state index contributed by atoms with van der Waals surface area (Å²) < 4.78 is 30.7. The Kier molecular flexibility index (Phi) is 6.40.